The Kier molecular flexibility index (Phi) is 6.35. The van der Waals surface area contributed by atoms with Crippen molar-refractivity contribution in [2.24, 2.45) is 5.92 Å². The third kappa shape index (κ3) is 4.29. The van der Waals surface area contributed by atoms with Crippen molar-refractivity contribution >= 4 is 0 Å². The largest absolute Gasteiger partial charge is 0.380 e. The summed E-state index contributed by atoms with van der Waals surface area (Å²) in [6.07, 6.45) is 1.84. The molecule has 0 N–H and O–H groups in total. The van der Waals surface area contributed by atoms with Gasteiger partial charge in [-0.2, -0.15) is 0 Å². The number of halogens is 2. The summed E-state index contributed by atoms with van der Waals surface area (Å²) in [6, 6.07) is 10.1. The fourth-order valence-electron chi connectivity index (χ4n) is 3.20. The molecule has 0 aromatic heterocycles. The van der Waals surface area contributed by atoms with Crippen LogP contribution in [-0.4, -0.2) is 20.3 Å². The van der Waals surface area contributed by atoms with E-state index in [1.807, 2.05) is 24.3 Å². The molecule has 0 bridgehead atoms. The van der Waals surface area contributed by atoms with Gasteiger partial charge < -0.3 is 14.2 Å². The maximum atomic E-state index is 14.1. The van der Waals surface area contributed by atoms with Gasteiger partial charge in [-0.3, -0.25) is 0 Å². The van der Waals surface area contributed by atoms with Gasteiger partial charge in [-0.05, 0) is 29.7 Å². The molecule has 0 amide bonds. The molecule has 2 aromatic rings. The molecule has 0 spiro atoms. The molecule has 1 aliphatic rings. The highest BCUT2D eigenvalue weighted by Gasteiger charge is 2.23. The highest BCUT2D eigenvalue weighted by Crippen LogP contribution is 2.30. The van der Waals surface area contributed by atoms with Crippen molar-refractivity contribution in [3.8, 4) is 11.1 Å². The second-order valence-electron chi connectivity index (χ2n) is 6.63. The Bertz CT molecular complexity index is 700. The molecule has 0 unspecified atom stereocenters. The molecule has 0 aliphatic carbocycles. The van der Waals surface area contributed by atoms with Gasteiger partial charge >= 0.3 is 0 Å². The number of hydrogen-bond acceptors (Lipinski definition) is 3. The average molecular weight is 362 g/mol. The molecule has 1 saturated heterocycles. The summed E-state index contributed by atoms with van der Waals surface area (Å²) in [7, 11) is 1.41. The molecule has 26 heavy (non-hydrogen) atoms. The Hall–Kier alpha value is -1.82. The summed E-state index contributed by atoms with van der Waals surface area (Å²) in [5, 5.41) is 0. The van der Waals surface area contributed by atoms with Crippen molar-refractivity contribution in [3.05, 3.63) is 59.2 Å². The summed E-state index contributed by atoms with van der Waals surface area (Å²) in [4.78, 5) is 0. The van der Waals surface area contributed by atoms with Crippen molar-refractivity contribution < 1.29 is 23.0 Å². The van der Waals surface area contributed by atoms with Gasteiger partial charge in [0.05, 0.1) is 19.8 Å². The predicted octanol–water partition coefficient (Wildman–Crippen LogP) is 5.24. The number of hydrogen-bond donors (Lipinski definition) is 0. The van der Waals surface area contributed by atoms with Crippen LogP contribution in [0, 0.1) is 17.6 Å². The lowest BCUT2D eigenvalue weighted by molar-refractivity contribution is -0.206. The van der Waals surface area contributed by atoms with Crippen LogP contribution in [-0.2, 0) is 20.8 Å². The van der Waals surface area contributed by atoms with E-state index >= 15 is 0 Å². The van der Waals surface area contributed by atoms with Gasteiger partial charge in [0, 0.05) is 24.2 Å². The van der Waals surface area contributed by atoms with Crippen LogP contribution in [0.15, 0.2) is 36.4 Å². The van der Waals surface area contributed by atoms with Crippen LogP contribution < -0.4 is 0 Å². The zero-order valence-corrected chi connectivity index (χ0v) is 15.1. The van der Waals surface area contributed by atoms with Crippen LogP contribution in [0.4, 0.5) is 8.78 Å². The third-order valence-corrected chi connectivity index (χ3v) is 4.61. The fourth-order valence-corrected chi connectivity index (χ4v) is 3.20. The van der Waals surface area contributed by atoms with E-state index in [2.05, 4.69) is 6.92 Å². The second-order valence-corrected chi connectivity index (χ2v) is 6.63. The van der Waals surface area contributed by atoms with Gasteiger partial charge in [-0.1, -0.05) is 37.6 Å². The van der Waals surface area contributed by atoms with Crippen LogP contribution in [0.2, 0.25) is 0 Å². The van der Waals surface area contributed by atoms with Gasteiger partial charge in [-0.25, -0.2) is 8.78 Å². The van der Waals surface area contributed by atoms with Crippen LogP contribution in [0.1, 0.15) is 37.2 Å². The summed E-state index contributed by atoms with van der Waals surface area (Å²) in [5.74, 6) is -0.759. The van der Waals surface area contributed by atoms with E-state index < -0.39 is 11.6 Å². The molecular weight excluding hydrogens is 338 g/mol. The monoisotopic (exact) mass is 362 g/mol. The van der Waals surface area contributed by atoms with E-state index in [9.17, 15) is 8.78 Å². The Labute approximate surface area is 152 Å². The lowest BCUT2D eigenvalue weighted by Gasteiger charge is -2.29. The average Bonchev–Trinajstić information content (AvgIpc) is 2.66. The Morgan fingerprint density at radius 3 is 2.15 bits per heavy atom. The number of rotatable bonds is 6. The van der Waals surface area contributed by atoms with Crippen molar-refractivity contribution in [3.63, 3.8) is 0 Å². The van der Waals surface area contributed by atoms with Crippen molar-refractivity contribution in [2.45, 2.75) is 32.7 Å². The Morgan fingerprint density at radius 2 is 1.62 bits per heavy atom. The van der Waals surface area contributed by atoms with Crippen LogP contribution in [0.25, 0.3) is 11.1 Å². The Morgan fingerprint density at radius 1 is 1.00 bits per heavy atom. The lowest BCUT2D eigenvalue weighted by atomic mass is 10.0. The van der Waals surface area contributed by atoms with Gasteiger partial charge in [0.1, 0.15) is 11.6 Å². The Balaban J connectivity index is 1.72. The van der Waals surface area contributed by atoms with E-state index in [0.29, 0.717) is 24.7 Å². The molecule has 0 radical (unpaired) electrons. The molecule has 0 atom stereocenters. The zero-order valence-electron chi connectivity index (χ0n) is 15.1. The van der Waals surface area contributed by atoms with Gasteiger partial charge in [0.25, 0.3) is 0 Å². The van der Waals surface area contributed by atoms with Gasteiger partial charge in [0.2, 0.25) is 0 Å². The molecule has 3 rings (SSSR count). The highest BCUT2D eigenvalue weighted by atomic mass is 19.1. The lowest BCUT2D eigenvalue weighted by Crippen LogP contribution is -2.26. The summed E-state index contributed by atoms with van der Waals surface area (Å²) in [5.41, 5.74) is 2.06. The first-order valence-corrected chi connectivity index (χ1v) is 8.92. The zero-order chi connectivity index (χ0) is 18.5. The summed E-state index contributed by atoms with van der Waals surface area (Å²) in [6.45, 7) is 3.44. The van der Waals surface area contributed by atoms with Crippen LogP contribution >= 0.6 is 0 Å². The normalized spacial score (nSPS) is 20.3. The predicted molar refractivity (Wildman–Crippen MR) is 95.6 cm³/mol. The minimum absolute atomic E-state index is 0.0569. The molecule has 1 heterocycles. The number of benzene rings is 2. The topological polar surface area (TPSA) is 27.7 Å². The van der Waals surface area contributed by atoms with Crippen molar-refractivity contribution in [1.82, 2.24) is 0 Å². The highest BCUT2D eigenvalue weighted by molar-refractivity contribution is 5.64. The van der Waals surface area contributed by atoms with Crippen molar-refractivity contribution in [2.75, 3.05) is 20.3 Å². The second kappa shape index (κ2) is 8.71. The summed E-state index contributed by atoms with van der Waals surface area (Å²) >= 11 is 0. The van der Waals surface area contributed by atoms with Crippen LogP contribution in [0.5, 0.6) is 0 Å². The molecule has 1 fully saturated rings. The quantitative estimate of drug-likeness (QED) is 0.703. The van der Waals surface area contributed by atoms with E-state index in [4.69, 9.17) is 14.2 Å². The molecule has 3 nitrogen and oxygen atoms in total. The van der Waals surface area contributed by atoms with E-state index in [0.717, 1.165) is 24.0 Å². The summed E-state index contributed by atoms with van der Waals surface area (Å²) < 4.78 is 44.6. The molecule has 140 valence electrons. The first-order chi connectivity index (χ1) is 12.6. The third-order valence-electron chi connectivity index (χ3n) is 4.61. The smallest absolute Gasteiger partial charge is 0.183 e. The van der Waals surface area contributed by atoms with E-state index in [1.54, 1.807) is 0 Å². The van der Waals surface area contributed by atoms with E-state index in [1.165, 1.54) is 19.2 Å². The SMILES string of the molecule is CCCC1COC(c2ccc(-c3cc(F)c(COC)c(F)c3)cc2)OC1. The maximum Gasteiger partial charge on any atom is 0.183 e. The molecule has 1 aliphatic heterocycles. The first-order valence-electron chi connectivity index (χ1n) is 8.92. The van der Waals surface area contributed by atoms with Gasteiger partial charge in [0.15, 0.2) is 6.29 Å². The molecule has 5 heteroatoms. The molecular formula is C21H24F2O3. The maximum absolute atomic E-state index is 14.1. The number of ether oxygens (including phenoxy) is 3. The number of methoxy groups -OCH3 is 1. The van der Waals surface area contributed by atoms with E-state index in [-0.39, 0.29) is 18.5 Å². The van der Waals surface area contributed by atoms with Gasteiger partial charge in [-0.15, -0.1) is 0 Å². The standard InChI is InChI=1S/C21H24F2O3/c1-3-4-14-11-25-21(26-12-14)16-7-5-15(6-8-16)17-9-19(22)18(13-24-2)20(23)10-17/h5-10,14,21H,3-4,11-13H2,1-2H3. The fraction of sp³-hybridized carbons (Fsp3) is 0.429. The molecule has 0 saturated carbocycles. The molecule has 2 aromatic carbocycles. The minimum atomic E-state index is -0.605. The minimum Gasteiger partial charge on any atom is -0.380 e. The van der Waals surface area contributed by atoms with Crippen LogP contribution in [0.3, 0.4) is 0 Å². The van der Waals surface area contributed by atoms with Crippen molar-refractivity contribution in [1.29, 1.82) is 0 Å². The first kappa shape index (κ1) is 19.0.